The first kappa shape index (κ1) is 16.7. The zero-order valence-electron chi connectivity index (χ0n) is 13.5. The van der Waals surface area contributed by atoms with E-state index in [1.54, 1.807) is 30.3 Å². The fourth-order valence-electron chi connectivity index (χ4n) is 2.25. The van der Waals surface area contributed by atoms with Crippen molar-refractivity contribution in [1.82, 2.24) is 0 Å². The molecular formula is C19H21NO3. The second-order valence-electron chi connectivity index (χ2n) is 5.26. The summed E-state index contributed by atoms with van der Waals surface area (Å²) >= 11 is 0. The molecule has 0 atom stereocenters. The molecule has 0 fully saturated rings. The molecule has 1 amide bonds. The topological polar surface area (TPSA) is 55.4 Å². The Hall–Kier alpha value is -2.62. The molecule has 2 rings (SSSR count). The number of methoxy groups -OCH3 is 1. The summed E-state index contributed by atoms with van der Waals surface area (Å²) in [4.78, 5) is 24.4. The van der Waals surface area contributed by atoms with Crippen LogP contribution in [-0.4, -0.2) is 18.8 Å². The first-order chi connectivity index (χ1) is 11.2. The van der Waals surface area contributed by atoms with Crippen LogP contribution in [0.2, 0.25) is 0 Å². The SMILES string of the molecule is CCCCC(=O)Nc1cc(C(=O)c2ccccc2)ccc1OC. The predicted molar refractivity (Wildman–Crippen MR) is 91.0 cm³/mol. The van der Waals surface area contributed by atoms with E-state index in [9.17, 15) is 9.59 Å². The van der Waals surface area contributed by atoms with Crippen molar-refractivity contribution in [2.24, 2.45) is 0 Å². The summed E-state index contributed by atoms with van der Waals surface area (Å²) in [5.41, 5.74) is 1.65. The molecule has 0 aliphatic carbocycles. The number of ether oxygens (including phenoxy) is 1. The van der Waals surface area contributed by atoms with Crippen molar-refractivity contribution in [3.8, 4) is 5.75 Å². The van der Waals surface area contributed by atoms with Gasteiger partial charge in [0.05, 0.1) is 12.8 Å². The number of nitrogens with one attached hydrogen (secondary N) is 1. The Kier molecular flexibility index (Phi) is 5.92. The van der Waals surface area contributed by atoms with Crippen LogP contribution in [0.1, 0.15) is 42.1 Å². The molecule has 0 saturated carbocycles. The molecule has 0 aliphatic rings. The molecule has 1 N–H and O–H groups in total. The molecule has 0 heterocycles. The molecule has 0 saturated heterocycles. The van der Waals surface area contributed by atoms with Gasteiger partial charge in [-0.25, -0.2) is 0 Å². The Morgan fingerprint density at radius 2 is 1.78 bits per heavy atom. The van der Waals surface area contributed by atoms with Crippen molar-refractivity contribution < 1.29 is 14.3 Å². The Morgan fingerprint density at radius 1 is 1.04 bits per heavy atom. The van der Waals surface area contributed by atoms with Gasteiger partial charge in [-0.2, -0.15) is 0 Å². The lowest BCUT2D eigenvalue weighted by Gasteiger charge is -2.12. The molecule has 4 heteroatoms. The van der Waals surface area contributed by atoms with Crippen LogP contribution < -0.4 is 10.1 Å². The molecule has 2 aromatic carbocycles. The molecule has 0 spiro atoms. The molecule has 4 nitrogen and oxygen atoms in total. The van der Waals surface area contributed by atoms with E-state index in [4.69, 9.17) is 4.74 Å². The third-order valence-electron chi connectivity index (χ3n) is 3.53. The highest BCUT2D eigenvalue weighted by Gasteiger charge is 2.13. The maximum Gasteiger partial charge on any atom is 0.224 e. The molecule has 120 valence electrons. The monoisotopic (exact) mass is 311 g/mol. The van der Waals surface area contributed by atoms with Gasteiger partial charge in [-0.05, 0) is 24.6 Å². The third kappa shape index (κ3) is 4.42. The van der Waals surface area contributed by atoms with Crippen LogP contribution in [0.4, 0.5) is 5.69 Å². The second-order valence-corrected chi connectivity index (χ2v) is 5.26. The van der Waals surface area contributed by atoms with Gasteiger partial charge in [0.15, 0.2) is 5.78 Å². The van der Waals surface area contributed by atoms with Gasteiger partial charge in [0.1, 0.15) is 5.75 Å². The lowest BCUT2D eigenvalue weighted by molar-refractivity contribution is -0.116. The number of ketones is 1. The van der Waals surface area contributed by atoms with Crippen LogP contribution in [0, 0.1) is 0 Å². The Labute approximate surface area is 136 Å². The first-order valence-corrected chi connectivity index (χ1v) is 7.73. The van der Waals surface area contributed by atoms with E-state index in [0.29, 0.717) is 29.0 Å². The lowest BCUT2D eigenvalue weighted by atomic mass is 10.0. The summed E-state index contributed by atoms with van der Waals surface area (Å²) in [6, 6.07) is 14.1. The average molecular weight is 311 g/mol. The highest BCUT2D eigenvalue weighted by molar-refractivity contribution is 6.10. The molecular weight excluding hydrogens is 290 g/mol. The molecule has 0 aromatic heterocycles. The van der Waals surface area contributed by atoms with E-state index in [2.05, 4.69) is 5.32 Å². The van der Waals surface area contributed by atoms with Gasteiger partial charge in [-0.1, -0.05) is 43.7 Å². The number of anilines is 1. The average Bonchev–Trinajstić information content (AvgIpc) is 2.60. The molecule has 0 unspecified atom stereocenters. The van der Waals surface area contributed by atoms with Crippen LogP contribution in [0.15, 0.2) is 48.5 Å². The van der Waals surface area contributed by atoms with Crippen molar-refractivity contribution in [1.29, 1.82) is 0 Å². The fourth-order valence-corrected chi connectivity index (χ4v) is 2.25. The standard InChI is InChI=1S/C19H21NO3/c1-3-4-10-18(21)20-16-13-15(11-12-17(16)23-2)19(22)14-8-6-5-7-9-14/h5-9,11-13H,3-4,10H2,1-2H3,(H,20,21). The maximum atomic E-state index is 12.5. The van der Waals surface area contributed by atoms with Crippen molar-refractivity contribution >= 4 is 17.4 Å². The number of unbranched alkanes of at least 4 members (excludes halogenated alkanes) is 1. The molecule has 0 aliphatic heterocycles. The van der Waals surface area contributed by atoms with Crippen LogP contribution in [0.25, 0.3) is 0 Å². The van der Waals surface area contributed by atoms with Gasteiger partial charge in [-0.15, -0.1) is 0 Å². The highest BCUT2D eigenvalue weighted by atomic mass is 16.5. The van der Waals surface area contributed by atoms with E-state index in [1.165, 1.54) is 7.11 Å². The van der Waals surface area contributed by atoms with Gasteiger partial charge in [-0.3, -0.25) is 9.59 Å². The molecule has 0 bridgehead atoms. The summed E-state index contributed by atoms with van der Waals surface area (Å²) in [5, 5.41) is 2.83. The van der Waals surface area contributed by atoms with E-state index in [0.717, 1.165) is 12.8 Å². The normalized spacial score (nSPS) is 10.2. The minimum absolute atomic E-state index is 0.0746. The summed E-state index contributed by atoms with van der Waals surface area (Å²) in [7, 11) is 1.54. The van der Waals surface area contributed by atoms with E-state index < -0.39 is 0 Å². The van der Waals surface area contributed by atoms with E-state index in [1.807, 2.05) is 25.1 Å². The van der Waals surface area contributed by atoms with Gasteiger partial charge in [0.2, 0.25) is 5.91 Å². The predicted octanol–water partition coefficient (Wildman–Crippen LogP) is 4.05. The number of carbonyl (C=O) groups excluding carboxylic acids is 2. The summed E-state index contributed by atoms with van der Waals surface area (Å²) in [5.74, 6) is 0.381. The Morgan fingerprint density at radius 3 is 2.43 bits per heavy atom. The maximum absolute atomic E-state index is 12.5. The first-order valence-electron chi connectivity index (χ1n) is 7.73. The van der Waals surface area contributed by atoms with Crippen molar-refractivity contribution in [3.63, 3.8) is 0 Å². The largest absolute Gasteiger partial charge is 0.495 e. The number of rotatable bonds is 7. The Balaban J connectivity index is 2.24. The second kappa shape index (κ2) is 8.13. The number of hydrogen-bond acceptors (Lipinski definition) is 3. The lowest BCUT2D eigenvalue weighted by Crippen LogP contribution is -2.12. The summed E-state index contributed by atoms with van der Waals surface area (Å²) < 4.78 is 5.27. The Bertz CT molecular complexity index is 680. The highest BCUT2D eigenvalue weighted by Crippen LogP contribution is 2.27. The van der Waals surface area contributed by atoms with Crippen molar-refractivity contribution in [3.05, 3.63) is 59.7 Å². The van der Waals surface area contributed by atoms with Crippen LogP contribution in [0.3, 0.4) is 0 Å². The summed E-state index contributed by atoms with van der Waals surface area (Å²) in [6.45, 7) is 2.03. The van der Waals surface area contributed by atoms with Crippen LogP contribution in [-0.2, 0) is 4.79 Å². The van der Waals surface area contributed by atoms with Crippen molar-refractivity contribution in [2.45, 2.75) is 26.2 Å². The molecule has 0 radical (unpaired) electrons. The van der Waals surface area contributed by atoms with Gasteiger partial charge < -0.3 is 10.1 Å². The summed E-state index contributed by atoms with van der Waals surface area (Å²) in [6.07, 6.45) is 2.24. The number of hydrogen-bond donors (Lipinski definition) is 1. The van der Waals surface area contributed by atoms with Gasteiger partial charge in [0.25, 0.3) is 0 Å². The van der Waals surface area contributed by atoms with Gasteiger partial charge in [0, 0.05) is 17.5 Å². The van der Waals surface area contributed by atoms with E-state index in [-0.39, 0.29) is 11.7 Å². The quantitative estimate of drug-likeness (QED) is 0.785. The zero-order valence-corrected chi connectivity index (χ0v) is 13.5. The number of amides is 1. The molecule has 23 heavy (non-hydrogen) atoms. The zero-order chi connectivity index (χ0) is 16.7. The van der Waals surface area contributed by atoms with Crippen LogP contribution in [0.5, 0.6) is 5.75 Å². The van der Waals surface area contributed by atoms with E-state index >= 15 is 0 Å². The minimum atomic E-state index is -0.0858. The third-order valence-corrected chi connectivity index (χ3v) is 3.53. The van der Waals surface area contributed by atoms with Crippen LogP contribution >= 0.6 is 0 Å². The van der Waals surface area contributed by atoms with Crippen molar-refractivity contribution in [2.75, 3.05) is 12.4 Å². The smallest absolute Gasteiger partial charge is 0.224 e. The number of benzene rings is 2. The minimum Gasteiger partial charge on any atom is -0.495 e. The molecule has 2 aromatic rings. The fraction of sp³-hybridized carbons (Fsp3) is 0.263. The van der Waals surface area contributed by atoms with Gasteiger partial charge >= 0.3 is 0 Å². The number of carbonyl (C=O) groups is 2.